The average molecular weight is 2040 g/mol. The molecule has 12 aromatic rings. The fourth-order valence-electron chi connectivity index (χ4n) is 19.4. The summed E-state index contributed by atoms with van der Waals surface area (Å²) in [6.07, 6.45) is 12.7. The zero-order valence-electron chi connectivity index (χ0n) is 87.4. The molecule has 8 N–H and O–H groups in total. The van der Waals surface area contributed by atoms with Gasteiger partial charge in [0.05, 0.1) is 96.4 Å². The van der Waals surface area contributed by atoms with Crippen molar-refractivity contribution in [1.82, 2.24) is 58.7 Å². The van der Waals surface area contributed by atoms with Gasteiger partial charge >= 0.3 is 11.9 Å². The third-order valence-corrected chi connectivity index (χ3v) is 27.8. The highest BCUT2D eigenvalue weighted by Crippen LogP contribution is 2.37. The number of rotatable bonds is 44. The zero-order chi connectivity index (χ0) is 107. The number of aliphatic hydroxyl groups excluding tert-OH is 3. The first-order chi connectivity index (χ1) is 72.6. The Morgan fingerprint density at radius 2 is 0.607 bits per heavy atom. The normalized spacial score (nSPS) is 14.3. The molecular weight excluding hydrogens is 1900 g/mol. The van der Waals surface area contributed by atoms with Crippen LogP contribution in [0.2, 0.25) is 0 Å². The summed E-state index contributed by atoms with van der Waals surface area (Å²) in [4.78, 5) is 159. The predicted molar refractivity (Wildman–Crippen MR) is 578 cm³/mol. The van der Waals surface area contributed by atoms with Gasteiger partial charge in [-0.25, -0.2) is 14.0 Å². The number of amides is 9. The van der Waals surface area contributed by atoms with E-state index in [2.05, 4.69) is 57.5 Å². The van der Waals surface area contributed by atoms with E-state index in [0.717, 1.165) is 116 Å². The molecule has 3 aliphatic rings. The van der Waals surface area contributed by atoms with Crippen molar-refractivity contribution >= 4 is 82.2 Å². The number of nitrogens with zero attached hydrogens (tertiary/aromatic N) is 12. The number of hydrogen-bond donors (Lipinski definition) is 8. The second-order valence-electron chi connectivity index (χ2n) is 38.8. The van der Waals surface area contributed by atoms with Gasteiger partial charge in [0.1, 0.15) is 0 Å². The number of carbonyl (C=O) groups excluding carboxylic acids is 9. The van der Waals surface area contributed by atoms with E-state index in [1.165, 1.54) is 0 Å². The summed E-state index contributed by atoms with van der Waals surface area (Å²) in [5, 5.41) is 73.2. The van der Waals surface area contributed by atoms with Gasteiger partial charge in [-0.05, 0) is 208 Å². The molecule has 0 saturated heterocycles. The Kier molecular flexibility index (Phi) is 40.7. The van der Waals surface area contributed by atoms with Gasteiger partial charge in [0, 0.05) is 99.5 Å². The molecule has 3 aliphatic heterocycles. The number of anilines is 3. The molecule has 31 heteroatoms. The van der Waals surface area contributed by atoms with Crippen LogP contribution in [0.15, 0.2) is 237 Å². The van der Waals surface area contributed by atoms with Gasteiger partial charge in [-0.3, -0.25) is 52.7 Å². The van der Waals surface area contributed by atoms with Crippen LogP contribution in [0.4, 0.5) is 17.1 Å². The van der Waals surface area contributed by atoms with Gasteiger partial charge in [0.15, 0.2) is 17.1 Å². The first-order valence-electron chi connectivity index (χ1n) is 52.6. The zero-order valence-corrected chi connectivity index (χ0v) is 87.4. The van der Waals surface area contributed by atoms with Crippen LogP contribution in [0.25, 0.3) is 17.1 Å². The fourth-order valence-corrected chi connectivity index (χ4v) is 19.4. The van der Waals surface area contributed by atoms with E-state index in [4.69, 9.17) is 15.3 Å². The third kappa shape index (κ3) is 28.6. The standard InChI is InChI=1S/2C40H47N5O6.C39H47N5O4/c2*1-4-6-19-43(20-7-5-2)40(51)35-21-27(3)45(42-35)36-18-17-31(41-38(49)33(24-37(47)48)28-13-9-8-10-14-28)23-34(36)39(50)44-25-30-16-12-11-15-29(30)22-32(44)26-46;1-4-6-21-42(22-7-5-2)39(48)35-23-28(3)44(41-35)36-19-18-32(40-37(46)20-17-29-13-9-8-10-14-29)25-34(36)38(47)43-26-31-16-12-11-15-30(31)24-33(43)27-45/h2*8-18,21,23,32-33,46H,4-7,19-20,22,24-26H2,1-3H3,(H,41,49)(H,47,48);8-16,18-19,23,25,33,45H,4-7,17,20-22,24,26-27H2,1-3H3,(H,40,46)/t2*32-,33?;33-/m000/s1. The number of carboxylic acid groups (broad SMARTS) is 2. The summed E-state index contributed by atoms with van der Waals surface area (Å²) in [6, 6.07) is 69.6. The van der Waals surface area contributed by atoms with E-state index in [1.54, 1.807) is 162 Å². The largest absolute Gasteiger partial charge is 0.481 e. The molecule has 0 aliphatic carbocycles. The van der Waals surface area contributed by atoms with E-state index in [-0.39, 0.29) is 96.8 Å². The van der Waals surface area contributed by atoms with E-state index in [1.807, 2.05) is 139 Å². The van der Waals surface area contributed by atoms with Gasteiger partial charge < -0.3 is 70.9 Å². The van der Waals surface area contributed by atoms with Crippen LogP contribution < -0.4 is 16.0 Å². The molecule has 150 heavy (non-hydrogen) atoms. The SMILES string of the molecule is CCCCN(CCCC)C(=O)c1cc(C)n(-c2ccc(NC(=O)C(CC(=O)O)c3ccccc3)cc2C(=O)N2Cc3ccccc3C[C@H]2CO)n1.CCCCN(CCCC)C(=O)c1cc(C)n(-c2ccc(NC(=O)C(CC(=O)O)c3ccccc3)cc2C(=O)N2Cc3ccccc3C[C@H]2CO)n1.CCCCN(CCCC)C(=O)c1cc(C)n(-c2ccc(NC(=O)CCc3ccccc3)cc2C(=O)N2Cc3ccccc3C[C@H]2CO)n1. The minimum absolute atomic E-state index is 0.123. The molecule has 9 aromatic carbocycles. The smallest absolute Gasteiger partial charge is 0.304 e. The van der Waals surface area contributed by atoms with Gasteiger partial charge in [0.2, 0.25) is 17.7 Å². The number of aryl methyl sites for hydroxylation is 4. The lowest BCUT2D eigenvalue weighted by atomic mass is 9.93. The lowest BCUT2D eigenvalue weighted by molar-refractivity contribution is -0.139. The van der Waals surface area contributed by atoms with Crippen LogP contribution in [-0.2, 0) is 69.3 Å². The number of carboxylic acids is 2. The summed E-state index contributed by atoms with van der Waals surface area (Å²) >= 11 is 0. The van der Waals surface area contributed by atoms with Crippen LogP contribution in [0.1, 0.15) is 279 Å². The Morgan fingerprint density at radius 3 is 0.880 bits per heavy atom. The quantitative estimate of drug-likeness (QED) is 0.0176. The maximum absolute atomic E-state index is 14.6. The molecular formula is C119H141N15O16. The van der Waals surface area contributed by atoms with Crippen molar-refractivity contribution in [2.45, 2.75) is 234 Å². The van der Waals surface area contributed by atoms with Crippen LogP contribution in [-0.4, -0.2) is 227 Å². The van der Waals surface area contributed by atoms with Crippen LogP contribution >= 0.6 is 0 Å². The summed E-state index contributed by atoms with van der Waals surface area (Å²) in [5.41, 5.74) is 14.4. The molecule has 5 atom stereocenters. The van der Waals surface area contributed by atoms with E-state index in [0.29, 0.717) is 152 Å². The first kappa shape index (κ1) is 112. The van der Waals surface area contributed by atoms with Crippen molar-refractivity contribution in [3.8, 4) is 17.1 Å². The Bertz CT molecular complexity index is 6390. The van der Waals surface area contributed by atoms with Crippen LogP contribution in [0, 0.1) is 20.8 Å². The molecule has 0 spiro atoms. The lowest BCUT2D eigenvalue weighted by Gasteiger charge is -2.36. The molecule has 31 nitrogen and oxygen atoms in total. The number of fused-ring (bicyclic) bond motifs is 3. The van der Waals surface area contributed by atoms with Crippen LogP contribution in [0.5, 0.6) is 0 Å². The molecule has 15 rings (SSSR count). The van der Waals surface area contributed by atoms with Crippen molar-refractivity contribution < 1.29 is 78.3 Å². The third-order valence-electron chi connectivity index (χ3n) is 27.8. The number of nitrogens with one attached hydrogen (secondary N) is 3. The minimum Gasteiger partial charge on any atom is -0.481 e. The number of unbranched alkanes of at least 4 members (excludes halogenated alkanes) is 6. The summed E-state index contributed by atoms with van der Waals surface area (Å²) < 4.78 is 4.80. The van der Waals surface area contributed by atoms with Gasteiger partial charge in [0.25, 0.3) is 35.4 Å². The highest BCUT2D eigenvalue weighted by Gasteiger charge is 2.39. The molecule has 788 valence electrons. The molecule has 6 heterocycles. The monoisotopic (exact) mass is 2040 g/mol. The summed E-state index contributed by atoms with van der Waals surface area (Å²) in [7, 11) is 0. The Morgan fingerprint density at radius 1 is 0.340 bits per heavy atom. The minimum atomic E-state index is -1.12. The first-order valence-corrected chi connectivity index (χ1v) is 52.6. The van der Waals surface area contributed by atoms with Crippen molar-refractivity contribution in [2.24, 2.45) is 0 Å². The molecule has 0 radical (unpaired) electrons. The van der Waals surface area contributed by atoms with Crippen molar-refractivity contribution in [2.75, 3.05) is 75.0 Å². The Labute approximate surface area is 877 Å². The van der Waals surface area contributed by atoms with Gasteiger partial charge in [-0.2, -0.15) is 15.3 Å². The molecule has 2 unspecified atom stereocenters. The van der Waals surface area contributed by atoms with Crippen molar-refractivity contribution in [3.05, 3.63) is 338 Å². The molecule has 0 fully saturated rings. The van der Waals surface area contributed by atoms with E-state index < -0.39 is 66.6 Å². The fraction of sp³-hybridized carbons (Fsp3) is 0.378. The number of aliphatic carboxylic acids is 2. The Hall–Kier alpha value is -15.3. The van der Waals surface area contributed by atoms with Gasteiger partial charge in [-0.15, -0.1) is 0 Å². The summed E-state index contributed by atoms with van der Waals surface area (Å²) in [6.45, 7) is 22.1. The number of aliphatic hydroxyl groups is 3. The maximum Gasteiger partial charge on any atom is 0.304 e. The number of aromatic nitrogens is 6. The highest BCUT2D eigenvalue weighted by atomic mass is 16.4. The number of hydrogen-bond acceptors (Lipinski definition) is 17. The molecule has 3 aromatic heterocycles. The van der Waals surface area contributed by atoms with Crippen LogP contribution in [0.3, 0.4) is 0 Å². The Balaban J connectivity index is 0.000000188. The number of carbonyl (C=O) groups is 11. The molecule has 0 bridgehead atoms. The van der Waals surface area contributed by atoms with Crippen molar-refractivity contribution in [3.63, 3.8) is 0 Å². The topological polar surface area (TPSA) is 398 Å². The molecule has 9 amide bonds. The predicted octanol–water partition coefficient (Wildman–Crippen LogP) is 18.3. The summed E-state index contributed by atoms with van der Waals surface area (Å²) in [5.74, 6) is -6.90. The lowest BCUT2D eigenvalue weighted by Crippen LogP contribution is -2.46. The van der Waals surface area contributed by atoms with E-state index in [9.17, 15) is 78.3 Å². The highest BCUT2D eigenvalue weighted by molar-refractivity contribution is 6.05. The second-order valence-corrected chi connectivity index (χ2v) is 38.8. The van der Waals surface area contributed by atoms with Crippen molar-refractivity contribution in [1.29, 1.82) is 0 Å². The van der Waals surface area contributed by atoms with Gasteiger partial charge in [-0.1, -0.05) is 244 Å². The second kappa shape index (κ2) is 54.5. The van der Waals surface area contributed by atoms with E-state index >= 15 is 0 Å². The number of benzene rings is 9. The maximum atomic E-state index is 14.6. The molecule has 0 saturated carbocycles. The average Bonchev–Trinajstić information content (AvgIpc) is 1.47.